The maximum absolute atomic E-state index is 12.2. The minimum Gasteiger partial charge on any atom is -0.493 e. The van der Waals surface area contributed by atoms with Gasteiger partial charge in [0.2, 0.25) is 0 Å². The number of nitrogens with one attached hydrogen (secondary N) is 3. The van der Waals surface area contributed by atoms with Crippen LogP contribution in [0.25, 0.3) is 0 Å². The van der Waals surface area contributed by atoms with Crippen molar-refractivity contribution in [2.24, 2.45) is 5.10 Å². The molecule has 2 rings (SSSR count). The van der Waals surface area contributed by atoms with Crippen LogP contribution in [0.4, 0.5) is 5.69 Å². The lowest BCUT2D eigenvalue weighted by Gasteiger charge is -2.13. The van der Waals surface area contributed by atoms with E-state index in [1.54, 1.807) is 24.3 Å². The lowest BCUT2D eigenvalue weighted by molar-refractivity contribution is -0.139. The molecule has 3 amide bonds. The summed E-state index contributed by atoms with van der Waals surface area (Å²) in [5, 5.41) is 9.03. The van der Waals surface area contributed by atoms with Gasteiger partial charge in [0.05, 0.1) is 23.9 Å². The topological polar surface area (TPSA) is 127 Å². The molecule has 2 aromatic rings. The zero-order valence-corrected chi connectivity index (χ0v) is 21.4. The number of hydrogen-bond donors (Lipinski definition) is 3. The highest BCUT2D eigenvalue weighted by Crippen LogP contribution is 2.36. The molecule has 0 aliphatic heterocycles. The summed E-state index contributed by atoms with van der Waals surface area (Å²) in [5.41, 5.74) is 3.39. The molecule has 10 nitrogen and oxygen atoms in total. The van der Waals surface area contributed by atoms with E-state index in [1.165, 1.54) is 13.3 Å². The Kier molecular flexibility index (Phi) is 11.7. The smallest absolute Gasteiger partial charge is 0.329 e. The quantitative estimate of drug-likeness (QED) is 0.162. The molecule has 0 unspecified atom stereocenters. The molecular weight excluding hydrogens is 520 g/mol. The molecule has 2 aromatic carbocycles. The highest BCUT2D eigenvalue weighted by Gasteiger charge is 2.14. The number of benzene rings is 2. The van der Waals surface area contributed by atoms with Gasteiger partial charge in [-0.2, -0.15) is 5.10 Å². The summed E-state index contributed by atoms with van der Waals surface area (Å²) in [6, 6.07) is 12.3. The monoisotopic (exact) mass is 548 g/mol. The highest BCUT2D eigenvalue weighted by atomic mass is 79.9. The molecule has 0 heterocycles. The van der Waals surface area contributed by atoms with Crippen LogP contribution in [-0.2, 0) is 19.1 Å². The number of hydrogen-bond acceptors (Lipinski definition) is 7. The van der Waals surface area contributed by atoms with E-state index >= 15 is 0 Å². The van der Waals surface area contributed by atoms with Crippen molar-refractivity contribution in [2.45, 2.75) is 26.4 Å². The number of rotatable bonds is 12. The first-order valence-corrected chi connectivity index (χ1v) is 11.7. The van der Waals surface area contributed by atoms with Gasteiger partial charge in [-0.3, -0.25) is 14.4 Å². The van der Waals surface area contributed by atoms with Crippen molar-refractivity contribution in [3.05, 3.63) is 52.5 Å². The van der Waals surface area contributed by atoms with E-state index in [2.05, 4.69) is 37.1 Å². The molecule has 0 saturated carbocycles. The fraction of sp³-hybridized carbons (Fsp3) is 0.333. The van der Waals surface area contributed by atoms with Gasteiger partial charge in [0.15, 0.2) is 18.1 Å². The van der Waals surface area contributed by atoms with Crippen molar-refractivity contribution in [3.63, 3.8) is 0 Å². The second-order valence-electron chi connectivity index (χ2n) is 7.47. The Morgan fingerprint density at radius 2 is 1.86 bits per heavy atom. The second kappa shape index (κ2) is 14.7. The van der Waals surface area contributed by atoms with Gasteiger partial charge in [-0.1, -0.05) is 18.2 Å². The van der Waals surface area contributed by atoms with Crippen LogP contribution in [0.2, 0.25) is 0 Å². The van der Waals surface area contributed by atoms with Crippen LogP contribution < -0.4 is 25.5 Å². The van der Waals surface area contributed by atoms with Gasteiger partial charge in [0, 0.05) is 18.8 Å². The number of carbonyl (C=O) groups excluding carboxylic acids is 3. The SMILES string of the molecule is COc1cc(/C=N\NC(=O)C(=O)NCCCOC(C)C)cc(Br)c1OCC(=O)Nc1ccccc1. The summed E-state index contributed by atoms with van der Waals surface area (Å²) >= 11 is 3.39. The third kappa shape index (κ3) is 10.1. The third-order valence-corrected chi connectivity index (χ3v) is 4.89. The van der Waals surface area contributed by atoms with Crippen molar-refractivity contribution < 1.29 is 28.6 Å². The maximum Gasteiger partial charge on any atom is 0.329 e. The average molecular weight is 549 g/mol. The van der Waals surface area contributed by atoms with Crippen molar-refractivity contribution in [1.82, 2.24) is 10.7 Å². The summed E-state index contributed by atoms with van der Waals surface area (Å²) in [6.07, 6.45) is 2.05. The fourth-order valence-electron chi connectivity index (χ4n) is 2.70. The molecule has 0 aromatic heterocycles. The Morgan fingerprint density at radius 1 is 1.11 bits per heavy atom. The Bertz CT molecular complexity index is 1030. The number of hydrazone groups is 1. The molecule has 0 bridgehead atoms. The normalized spacial score (nSPS) is 10.8. The second-order valence-corrected chi connectivity index (χ2v) is 8.32. The molecule has 188 valence electrons. The van der Waals surface area contributed by atoms with Gasteiger partial charge in [-0.15, -0.1) is 0 Å². The number of carbonyl (C=O) groups is 3. The van der Waals surface area contributed by atoms with Crippen LogP contribution in [0.1, 0.15) is 25.8 Å². The third-order valence-electron chi connectivity index (χ3n) is 4.30. The van der Waals surface area contributed by atoms with E-state index in [1.807, 2.05) is 32.0 Å². The largest absolute Gasteiger partial charge is 0.493 e. The maximum atomic E-state index is 12.2. The molecule has 11 heteroatoms. The minimum absolute atomic E-state index is 0.113. The average Bonchev–Trinajstić information content (AvgIpc) is 2.83. The number of amides is 3. The number of anilines is 1. The number of halogens is 1. The van der Waals surface area contributed by atoms with Crippen LogP contribution in [0.15, 0.2) is 52.0 Å². The van der Waals surface area contributed by atoms with E-state index in [0.717, 1.165) is 0 Å². The summed E-state index contributed by atoms with van der Waals surface area (Å²) in [6.45, 7) is 4.42. The van der Waals surface area contributed by atoms with Crippen LogP contribution in [0.5, 0.6) is 11.5 Å². The van der Waals surface area contributed by atoms with E-state index in [4.69, 9.17) is 14.2 Å². The van der Waals surface area contributed by atoms with Gasteiger partial charge in [0.1, 0.15) is 0 Å². The van der Waals surface area contributed by atoms with Gasteiger partial charge in [-0.05, 0) is 66.0 Å². The first kappa shape index (κ1) is 27.8. The summed E-state index contributed by atoms with van der Waals surface area (Å²) in [7, 11) is 1.46. The van der Waals surface area contributed by atoms with Crippen LogP contribution >= 0.6 is 15.9 Å². The van der Waals surface area contributed by atoms with Gasteiger partial charge in [-0.25, -0.2) is 5.43 Å². The Morgan fingerprint density at radius 3 is 2.54 bits per heavy atom. The highest BCUT2D eigenvalue weighted by molar-refractivity contribution is 9.10. The molecule has 35 heavy (non-hydrogen) atoms. The Balaban J connectivity index is 1.87. The van der Waals surface area contributed by atoms with E-state index in [0.29, 0.717) is 46.8 Å². The molecule has 0 aliphatic carbocycles. The molecule has 3 N–H and O–H groups in total. The molecule has 0 radical (unpaired) electrons. The summed E-state index contributed by atoms with van der Waals surface area (Å²) in [5.74, 6) is -1.33. The standard InChI is InChI=1S/C24H29BrN4O6/c1-16(2)34-11-7-10-26-23(31)24(32)29-27-14-17-12-19(25)22(20(13-17)33-3)35-15-21(30)28-18-8-5-4-6-9-18/h4-6,8-9,12-14,16H,7,10-11,15H2,1-3H3,(H,26,31)(H,28,30)(H,29,32)/b27-14-. The zero-order valence-electron chi connectivity index (χ0n) is 19.8. The van der Waals surface area contributed by atoms with Crippen molar-refractivity contribution in [3.8, 4) is 11.5 Å². The number of para-hydroxylation sites is 1. The van der Waals surface area contributed by atoms with E-state index in [-0.39, 0.29) is 18.6 Å². The van der Waals surface area contributed by atoms with Gasteiger partial charge in [0.25, 0.3) is 5.91 Å². The van der Waals surface area contributed by atoms with Crippen LogP contribution in [-0.4, -0.2) is 56.9 Å². The van der Waals surface area contributed by atoms with Crippen molar-refractivity contribution >= 4 is 45.6 Å². The van der Waals surface area contributed by atoms with Crippen LogP contribution in [0, 0.1) is 0 Å². The molecule has 0 fully saturated rings. The Labute approximate surface area is 212 Å². The molecule has 0 saturated heterocycles. The minimum atomic E-state index is -0.888. The van der Waals surface area contributed by atoms with E-state index < -0.39 is 11.8 Å². The van der Waals surface area contributed by atoms with Gasteiger partial charge >= 0.3 is 11.8 Å². The summed E-state index contributed by atoms with van der Waals surface area (Å²) in [4.78, 5) is 35.8. The van der Waals surface area contributed by atoms with Crippen LogP contribution in [0.3, 0.4) is 0 Å². The lowest BCUT2D eigenvalue weighted by atomic mass is 10.2. The molecule has 0 atom stereocenters. The number of ether oxygens (including phenoxy) is 3. The first-order valence-electron chi connectivity index (χ1n) is 10.9. The predicted octanol–water partition coefficient (Wildman–Crippen LogP) is 2.86. The lowest BCUT2D eigenvalue weighted by Crippen LogP contribution is -2.38. The van der Waals surface area contributed by atoms with Crippen molar-refractivity contribution in [1.29, 1.82) is 0 Å². The Hall–Kier alpha value is -3.44. The summed E-state index contributed by atoms with van der Waals surface area (Å²) < 4.78 is 16.9. The molecule has 0 spiro atoms. The fourth-order valence-corrected chi connectivity index (χ4v) is 3.27. The predicted molar refractivity (Wildman–Crippen MR) is 136 cm³/mol. The van der Waals surface area contributed by atoms with E-state index in [9.17, 15) is 14.4 Å². The number of nitrogens with zero attached hydrogens (tertiary/aromatic N) is 1. The first-order chi connectivity index (χ1) is 16.8. The zero-order chi connectivity index (χ0) is 25.6. The molecular formula is C24H29BrN4O6. The van der Waals surface area contributed by atoms with Crippen molar-refractivity contribution in [2.75, 3.05) is 32.2 Å². The van der Waals surface area contributed by atoms with Gasteiger partial charge < -0.3 is 24.8 Å². The molecule has 0 aliphatic rings. The number of methoxy groups -OCH3 is 1.